The number of carbonyl (C=O) groups excluding carboxylic acids is 1. The summed E-state index contributed by atoms with van der Waals surface area (Å²) in [6.07, 6.45) is 9.63. The van der Waals surface area contributed by atoms with Crippen LogP contribution in [-0.2, 0) is 9.53 Å². The summed E-state index contributed by atoms with van der Waals surface area (Å²) in [5, 5.41) is 7.69. The highest BCUT2D eigenvalue weighted by Gasteiger charge is 2.71. The van der Waals surface area contributed by atoms with Gasteiger partial charge in [0.1, 0.15) is 0 Å². The Morgan fingerprint density at radius 3 is 2.62 bits per heavy atom. The van der Waals surface area contributed by atoms with Crippen LogP contribution in [-0.4, -0.2) is 24.8 Å². The van der Waals surface area contributed by atoms with Crippen molar-refractivity contribution in [3.63, 3.8) is 0 Å². The van der Waals surface area contributed by atoms with E-state index in [1.807, 2.05) is 6.92 Å². The van der Waals surface area contributed by atoms with Gasteiger partial charge in [0.15, 0.2) is 0 Å². The molecule has 4 saturated carbocycles. The van der Waals surface area contributed by atoms with E-state index in [1.165, 1.54) is 49.1 Å². The molecule has 1 aromatic rings. The van der Waals surface area contributed by atoms with Gasteiger partial charge in [-0.2, -0.15) is 5.10 Å². The second-order valence-electron chi connectivity index (χ2n) is 13.1. The molecule has 0 radical (unpaired) electrons. The molecule has 0 saturated heterocycles. The Morgan fingerprint density at radius 1 is 1.09 bits per heavy atom. The predicted molar refractivity (Wildman–Crippen MR) is 137 cm³/mol. The number of ether oxygens (including phenoxy) is 1. The largest absolute Gasteiger partial charge is 0.466 e. The van der Waals surface area contributed by atoms with Gasteiger partial charge in [0.2, 0.25) is 0 Å². The molecule has 4 fully saturated rings. The molecule has 1 spiro atoms. The second-order valence-corrected chi connectivity index (χ2v) is 13.1. The molecule has 1 heterocycles. The molecular weight excluding hydrogens is 420 g/mol. The second kappa shape index (κ2) is 7.34. The number of fused-ring (bicyclic) bond motifs is 5. The van der Waals surface area contributed by atoms with Crippen LogP contribution >= 0.6 is 0 Å². The Hall–Kier alpha value is -1.84. The SMILES string of the molecule is CCOC(=O)[C@]1(C)CCC[C@@]2(C)[C@@H]3CC[C@@]4(C)C[C@]3(CC[C@@H]21)[C@@H]1CN(c2ccccc2C)N=C14. The van der Waals surface area contributed by atoms with Crippen molar-refractivity contribution in [1.29, 1.82) is 0 Å². The molecule has 34 heavy (non-hydrogen) atoms. The number of hydrogen-bond acceptors (Lipinski definition) is 4. The van der Waals surface area contributed by atoms with Gasteiger partial charge in [-0.25, -0.2) is 0 Å². The summed E-state index contributed by atoms with van der Waals surface area (Å²) in [4.78, 5) is 13.3. The maximum Gasteiger partial charge on any atom is 0.312 e. The number of rotatable bonds is 3. The summed E-state index contributed by atoms with van der Waals surface area (Å²) < 4.78 is 5.67. The van der Waals surface area contributed by atoms with Gasteiger partial charge >= 0.3 is 5.97 Å². The zero-order valence-corrected chi connectivity index (χ0v) is 21.8. The zero-order valence-electron chi connectivity index (χ0n) is 21.8. The monoisotopic (exact) mass is 462 g/mol. The average molecular weight is 463 g/mol. The first-order valence-electron chi connectivity index (χ1n) is 13.8. The van der Waals surface area contributed by atoms with E-state index in [9.17, 15) is 4.79 Å². The van der Waals surface area contributed by atoms with Crippen LogP contribution in [0.5, 0.6) is 0 Å². The third-order valence-electron chi connectivity index (χ3n) is 11.4. The molecule has 0 amide bonds. The summed E-state index contributed by atoms with van der Waals surface area (Å²) >= 11 is 0. The maximum atomic E-state index is 13.3. The molecule has 7 atom stereocenters. The van der Waals surface area contributed by atoms with Crippen LogP contribution in [0.3, 0.4) is 0 Å². The van der Waals surface area contributed by atoms with Crippen molar-refractivity contribution >= 4 is 17.4 Å². The number of carbonyl (C=O) groups is 1. The van der Waals surface area contributed by atoms with Crippen LogP contribution in [0.1, 0.15) is 84.6 Å². The Balaban J connectivity index is 1.38. The van der Waals surface area contributed by atoms with E-state index < -0.39 is 0 Å². The van der Waals surface area contributed by atoms with Gasteiger partial charge in [0.25, 0.3) is 0 Å². The van der Waals surface area contributed by atoms with Gasteiger partial charge in [-0.05, 0) is 100 Å². The molecule has 2 bridgehead atoms. The van der Waals surface area contributed by atoms with Crippen LogP contribution in [0.2, 0.25) is 0 Å². The summed E-state index contributed by atoms with van der Waals surface area (Å²) in [5.74, 6) is 1.72. The normalized spacial score (nSPS) is 44.7. The van der Waals surface area contributed by atoms with Gasteiger partial charge in [-0.1, -0.05) is 38.5 Å². The minimum absolute atomic E-state index is 0.0581. The summed E-state index contributed by atoms with van der Waals surface area (Å²) in [6.45, 7) is 13.0. The fraction of sp³-hybridized carbons (Fsp3) is 0.733. The van der Waals surface area contributed by atoms with E-state index in [1.54, 1.807) is 0 Å². The van der Waals surface area contributed by atoms with Crippen LogP contribution in [0.4, 0.5) is 5.69 Å². The van der Waals surface area contributed by atoms with Gasteiger partial charge in [-0.3, -0.25) is 9.80 Å². The lowest BCUT2D eigenvalue weighted by Crippen LogP contribution is -2.60. The van der Waals surface area contributed by atoms with E-state index in [0.29, 0.717) is 29.8 Å². The Bertz CT molecular complexity index is 1050. The molecule has 184 valence electrons. The van der Waals surface area contributed by atoms with Crippen molar-refractivity contribution in [3.8, 4) is 0 Å². The van der Waals surface area contributed by atoms with Crippen LogP contribution in [0, 0.1) is 46.3 Å². The predicted octanol–water partition coefficient (Wildman–Crippen LogP) is 6.76. The quantitative estimate of drug-likeness (QED) is 0.466. The highest BCUT2D eigenvalue weighted by atomic mass is 16.5. The van der Waals surface area contributed by atoms with Crippen molar-refractivity contribution in [2.24, 2.45) is 44.5 Å². The standard InChI is InChI=1S/C30H42N2O2/c1-6-34-26(33)29(5)15-9-14-28(4)23(29)13-17-30-19-27(3,16-12-24(28)30)25-21(30)18-32(31-25)22-11-8-7-10-20(22)2/h7-8,10-11,21,23-24H,6,9,12-19H2,1-5H3/t21-,23+,24+,27+,28-,29-,30-/m1/s1. The lowest BCUT2D eigenvalue weighted by atomic mass is 9.39. The third-order valence-corrected chi connectivity index (χ3v) is 11.4. The van der Waals surface area contributed by atoms with Crippen molar-refractivity contribution in [3.05, 3.63) is 29.8 Å². The number of para-hydroxylation sites is 1. The summed E-state index contributed by atoms with van der Waals surface area (Å²) in [7, 11) is 0. The topological polar surface area (TPSA) is 41.9 Å². The van der Waals surface area contributed by atoms with E-state index >= 15 is 0 Å². The molecule has 4 aliphatic carbocycles. The Morgan fingerprint density at radius 2 is 1.85 bits per heavy atom. The van der Waals surface area contributed by atoms with Crippen LogP contribution in [0.15, 0.2) is 29.4 Å². The fourth-order valence-electron chi connectivity index (χ4n) is 10.1. The molecule has 0 N–H and O–H groups in total. The summed E-state index contributed by atoms with van der Waals surface area (Å²) in [6, 6.07) is 8.71. The van der Waals surface area contributed by atoms with E-state index in [-0.39, 0.29) is 22.2 Å². The molecule has 4 nitrogen and oxygen atoms in total. The van der Waals surface area contributed by atoms with Gasteiger partial charge < -0.3 is 4.74 Å². The van der Waals surface area contributed by atoms with E-state index in [2.05, 4.69) is 57.0 Å². The Kier molecular flexibility index (Phi) is 4.88. The van der Waals surface area contributed by atoms with E-state index in [4.69, 9.17) is 9.84 Å². The number of nitrogens with zero attached hydrogens (tertiary/aromatic N) is 2. The van der Waals surface area contributed by atoms with Crippen molar-refractivity contribution < 1.29 is 9.53 Å². The molecule has 0 unspecified atom stereocenters. The molecule has 6 rings (SSSR count). The lowest BCUT2D eigenvalue weighted by molar-refractivity contribution is -0.191. The minimum Gasteiger partial charge on any atom is -0.466 e. The van der Waals surface area contributed by atoms with E-state index in [0.717, 1.165) is 25.8 Å². The first kappa shape index (κ1) is 22.6. The first-order chi connectivity index (χ1) is 16.2. The molecule has 1 aliphatic heterocycles. The number of anilines is 1. The van der Waals surface area contributed by atoms with Crippen molar-refractivity contribution in [2.75, 3.05) is 18.2 Å². The zero-order chi connectivity index (χ0) is 23.9. The molecule has 1 aromatic carbocycles. The Labute approximate surface area is 205 Å². The van der Waals surface area contributed by atoms with Crippen LogP contribution in [0.25, 0.3) is 0 Å². The van der Waals surface area contributed by atoms with Gasteiger partial charge in [0.05, 0.1) is 24.3 Å². The highest BCUT2D eigenvalue weighted by molar-refractivity contribution is 5.98. The smallest absolute Gasteiger partial charge is 0.312 e. The average Bonchev–Trinajstić information content (AvgIpc) is 3.31. The summed E-state index contributed by atoms with van der Waals surface area (Å²) in [5.41, 5.74) is 4.52. The maximum absolute atomic E-state index is 13.3. The number of aryl methyl sites for hydroxylation is 1. The van der Waals surface area contributed by atoms with Crippen LogP contribution < -0.4 is 5.01 Å². The molecule has 4 heteroatoms. The molecule has 5 aliphatic rings. The highest BCUT2D eigenvalue weighted by Crippen LogP contribution is 2.75. The van der Waals surface area contributed by atoms with Gasteiger partial charge in [0, 0.05) is 17.0 Å². The lowest BCUT2D eigenvalue weighted by Gasteiger charge is -2.64. The molecule has 0 aromatic heterocycles. The van der Waals surface area contributed by atoms with Gasteiger partial charge in [-0.15, -0.1) is 0 Å². The van der Waals surface area contributed by atoms with Crippen molar-refractivity contribution in [2.45, 2.75) is 86.0 Å². The first-order valence-corrected chi connectivity index (χ1v) is 13.8. The number of hydrogen-bond donors (Lipinski definition) is 0. The fourth-order valence-corrected chi connectivity index (χ4v) is 10.1. The number of hydrazone groups is 1. The van der Waals surface area contributed by atoms with Crippen molar-refractivity contribution in [1.82, 2.24) is 0 Å². The molecular formula is C30H42N2O2. The number of esters is 1. The third kappa shape index (κ3) is 2.77. The minimum atomic E-state index is -0.330. The number of benzene rings is 1.